The van der Waals surface area contributed by atoms with Crippen molar-refractivity contribution in [1.82, 2.24) is 9.97 Å². The lowest BCUT2D eigenvalue weighted by Gasteiger charge is -2.03. The molecule has 17 heavy (non-hydrogen) atoms. The molecule has 84 valence electrons. The molecule has 1 aromatic carbocycles. The van der Waals surface area contributed by atoms with E-state index in [0.717, 1.165) is 15.8 Å². The molecule has 0 amide bonds. The largest absolute Gasteiger partial charge is 0.306 e. The van der Waals surface area contributed by atoms with E-state index in [-0.39, 0.29) is 5.56 Å². The maximum atomic E-state index is 11.9. The van der Waals surface area contributed by atoms with Crippen LogP contribution in [0.15, 0.2) is 46.2 Å². The smallest absolute Gasteiger partial charge is 0.257 e. The predicted octanol–water partition coefficient (Wildman–Crippen LogP) is 2.80. The second kappa shape index (κ2) is 3.89. The molecule has 0 spiro atoms. The summed E-state index contributed by atoms with van der Waals surface area (Å²) in [6.45, 7) is 0. The van der Waals surface area contributed by atoms with Crippen LogP contribution in [0.25, 0.3) is 21.8 Å². The lowest BCUT2D eigenvalue weighted by Crippen LogP contribution is -2.07. The van der Waals surface area contributed by atoms with Gasteiger partial charge in [-0.05, 0) is 29.8 Å². The van der Waals surface area contributed by atoms with Crippen LogP contribution in [0.4, 0.5) is 0 Å². The highest BCUT2D eigenvalue weighted by Gasteiger charge is 2.05. The Morgan fingerprint density at radius 2 is 1.82 bits per heavy atom. The van der Waals surface area contributed by atoms with E-state index in [9.17, 15) is 4.79 Å². The normalized spacial score (nSPS) is 11.1. The van der Waals surface area contributed by atoms with Crippen LogP contribution in [0.2, 0.25) is 0 Å². The van der Waals surface area contributed by atoms with Gasteiger partial charge in [0.15, 0.2) is 0 Å². The number of H-pyrrole nitrogens is 1. The Morgan fingerprint density at radius 3 is 2.59 bits per heavy atom. The number of thioether (sulfide) groups is 1. The van der Waals surface area contributed by atoms with E-state index >= 15 is 0 Å². The summed E-state index contributed by atoms with van der Waals surface area (Å²) in [5.74, 6) is 0. The zero-order valence-corrected chi connectivity index (χ0v) is 10.0. The van der Waals surface area contributed by atoms with E-state index in [4.69, 9.17) is 0 Å². The van der Waals surface area contributed by atoms with E-state index in [1.54, 1.807) is 11.8 Å². The number of hydrogen-bond acceptors (Lipinski definition) is 3. The van der Waals surface area contributed by atoms with Crippen LogP contribution in [0.5, 0.6) is 0 Å². The Labute approximate surface area is 102 Å². The van der Waals surface area contributed by atoms with Gasteiger partial charge in [0.25, 0.3) is 5.56 Å². The Balaban J connectivity index is 2.53. The SMILES string of the molecule is CSc1ccc2c(n1)[nH]c(=O)c1ccccc12. The topological polar surface area (TPSA) is 45.8 Å². The van der Waals surface area contributed by atoms with Crippen molar-refractivity contribution in [3.05, 3.63) is 46.8 Å². The van der Waals surface area contributed by atoms with E-state index in [0.29, 0.717) is 11.0 Å². The Morgan fingerprint density at radius 1 is 1.06 bits per heavy atom. The van der Waals surface area contributed by atoms with Crippen LogP contribution < -0.4 is 5.56 Å². The van der Waals surface area contributed by atoms with Crippen LogP contribution in [0.1, 0.15) is 0 Å². The number of pyridine rings is 2. The van der Waals surface area contributed by atoms with Crippen molar-refractivity contribution in [2.24, 2.45) is 0 Å². The molecule has 3 nitrogen and oxygen atoms in total. The van der Waals surface area contributed by atoms with Crippen LogP contribution in [0.3, 0.4) is 0 Å². The first-order valence-corrected chi connectivity index (χ1v) is 6.48. The third-order valence-corrected chi connectivity index (χ3v) is 3.42. The lowest BCUT2D eigenvalue weighted by molar-refractivity contribution is 1.14. The number of nitrogens with one attached hydrogen (secondary N) is 1. The molecule has 0 aliphatic heterocycles. The number of rotatable bonds is 1. The molecule has 0 fully saturated rings. The first kappa shape index (κ1) is 10.4. The molecule has 3 aromatic rings. The minimum Gasteiger partial charge on any atom is -0.306 e. The minimum atomic E-state index is -0.0844. The number of aromatic amines is 1. The Hall–Kier alpha value is -1.81. The number of fused-ring (bicyclic) bond motifs is 3. The van der Waals surface area contributed by atoms with Crippen molar-refractivity contribution in [3.8, 4) is 0 Å². The third-order valence-electron chi connectivity index (χ3n) is 2.77. The van der Waals surface area contributed by atoms with Gasteiger partial charge in [0.05, 0.1) is 5.03 Å². The van der Waals surface area contributed by atoms with Gasteiger partial charge in [0, 0.05) is 10.8 Å². The molecule has 0 aliphatic rings. The first-order valence-electron chi connectivity index (χ1n) is 5.25. The van der Waals surface area contributed by atoms with Gasteiger partial charge in [0.1, 0.15) is 5.65 Å². The fraction of sp³-hybridized carbons (Fsp3) is 0.0769. The highest BCUT2D eigenvalue weighted by atomic mass is 32.2. The van der Waals surface area contributed by atoms with Gasteiger partial charge in [-0.1, -0.05) is 18.2 Å². The molecule has 0 bridgehead atoms. The molecule has 0 unspecified atom stereocenters. The molecule has 1 N–H and O–H groups in total. The maximum Gasteiger partial charge on any atom is 0.257 e. The highest BCUT2D eigenvalue weighted by molar-refractivity contribution is 7.98. The van der Waals surface area contributed by atoms with Gasteiger partial charge >= 0.3 is 0 Å². The van der Waals surface area contributed by atoms with Gasteiger partial charge in [-0.2, -0.15) is 0 Å². The monoisotopic (exact) mass is 242 g/mol. The molecule has 0 saturated carbocycles. The summed E-state index contributed by atoms with van der Waals surface area (Å²) in [6.07, 6.45) is 1.97. The number of hydrogen-bond donors (Lipinski definition) is 1. The Bertz CT molecular complexity index is 764. The molecule has 2 aromatic heterocycles. The summed E-state index contributed by atoms with van der Waals surface area (Å²) in [5, 5.41) is 3.55. The fourth-order valence-electron chi connectivity index (χ4n) is 1.96. The molecule has 3 rings (SSSR count). The van der Waals surface area contributed by atoms with Gasteiger partial charge < -0.3 is 4.98 Å². The van der Waals surface area contributed by atoms with E-state index in [2.05, 4.69) is 9.97 Å². The zero-order valence-electron chi connectivity index (χ0n) is 9.23. The zero-order chi connectivity index (χ0) is 11.8. The molecular weight excluding hydrogens is 232 g/mol. The van der Waals surface area contributed by atoms with Crippen molar-refractivity contribution in [3.63, 3.8) is 0 Å². The fourth-order valence-corrected chi connectivity index (χ4v) is 2.35. The average Bonchev–Trinajstić information content (AvgIpc) is 2.38. The maximum absolute atomic E-state index is 11.9. The van der Waals surface area contributed by atoms with Crippen LogP contribution >= 0.6 is 11.8 Å². The molecule has 0 radical (unpaired) electrons. The summed E-state index contributed by atoms with van der Waals surface area (Å²) in [5.41, 5.74) is 0.569. The van der Waals surface area contributed by atoms with E-state index in [1.807, 2.05) is 42.7 Å². The standard InChI is InChI=1S/C13H10N2OS/c1-17-11-7-6-9-8-4-2-3-5-10(8)13(16)15-12(9)14-11/h2-7H,1H3,(H,14,15,16). The van der Waals surface area contributed by atoms with Gasteiger partial charge in [0.2, 0.25) is 0 Å². The van der Waals surface area contributed by atoms with Gasteiger partial charge in [-0.3, -0.25) is 4.79 Å². The lowest BCUT2D eigenvalue weighted by atomic mass is 10.1. The quantitative estimate of drug-likeness (QED) is 0.527. The minimum absolute atomic E-state index is 0.0844. The van der Waals surface area contributed by atoms with Crippen molar-refractivity contribution < 1.29 is 0 Å². The summed E-state index contributed by atoms with van der Waals surface area (Å²) < 4.78 is 0. The van der Waals surface area contributed by atoms with Crippen molar-refractivity contribution in [2.75, 3.05) is 6.26 Å². The highest BCUT2D eigenvalue weighted by Crippen LogP contribution is 2.22. The molecule has 0 saturated heterocycles. The summed E-state index contributed by atoms with van der Waals surface area (Å²) in [7, 11) is 0. The molecule has 0 aliphatic carbocycles. The number of benzene rings is 1. The van der Waals surface area contributed by atoms with Crippen LogP contribution in [-0.4, -0.2) is 16.2 Å². The average molecular weight is 242 g/mol. The van der Waals surface area contributed by atoms with Gasteiger partial charge in [-0.25, -0.2) is 4.98 Å². The van der Waals surface area contributed by atoms with Gasteiger partial charge in [-0.15, -0.1) is 11.8 Å². The molecule has 4 heteroatoms. The predicted molar refractivity (Wildman–Crippen MR) is 71.7 cm³/mol. The second-order valence-electron chi connectivity index (χ2n) is 3.75. The van der Waals surface area contributed by atoms with Crippen molar-refractivity contribution >= 4 is 33.6 Å². The number of aromatic nitrogens is 2. The van der Waals surface area contributed by atoms with Crippen LogP contribution in [0, 0.1) is 0 Å². The number of nitrogens with zero attached hydrogens (tertiary/aromatic N) is 1. The summed E-state index contributed by atoms with van der Waals surface area (Å²) in [6, 6.07) is 11.6. The molecule has 0 atom stereocenters. The van der Waals surface area contributed by atoms with Crippen molar-refractivity contribution in [1.29, 1.82) is 0 Å². The van der Waals surface area contributed by atoms with E-state index in [1.165, 1.54) is 0 Å². The van der Waals surface area contributed by atoms with E-state index < -0.39 is 0 Å². The second-order valence-corrected chi connectivity index (χ2v) is 4.58. The summed E-state index contributed by atoms with van der Waals surface area (Å²) in [4.78, 5) is 19.1. The summed E-state index contributed by atoms with van der Waals surface area (Å²) >= 11 is 1.56. The first-order chi connectivity index (χ1) is 8.29. The Kier molecular flexibility index (Phi) is 2.37. The molecular formula is C13H10N2OS. The third kappa shape index (κ3) is 1.61. The molecule has 2 heterocycles. The van der Waals surface area contributed by atoms with Crippen LogP contribution in [-0.2, 0) is 0 Å². The van der Waals surface area contributed by atoms with Crippen molar-refractivity contribution in [2.45, 2.75) is 5.03 Å².